The van der Waals surface area contributed by atoms with Gasteiger partial charge in [0.15, 0.2) is 0 Å². The van der Waals surface area contributed by atoms with Crippen LogP contribution in [0, 0.1) is 5.92 Å². The van der Waals surface area contributed by atoms with Crippen LogP contribution in [0.25, 0.3) is 0 Å². The fourth-order valence-corrected chi connectivity index (χ4v) is 2.23. The lowest BCUT2D eigenvalue weighted by Crippen LogP contribution is -2.43. The second kappa shape index (κ2) is 7.92. The number of rotatable bonds is 6. The number of alkyl carbamates (subject to hydrolysis) is 1. The molecule has 3 atom stereocenters. The molecule has 0 spiro atoms. The molecule has 1 aliphatic rings. The summed E-state index contributed by atoms with van der Waals surface area (Å²) in [4.78, 5) is 36.1. The van der Waals surface area contributed by atoms with Crippen molar-refractivity contribution in [2.75, 3.05) is 18.8 Å². The van der Waals surface area contributed by atoms with Gasteiger partial charge in [-0.15, -0.1) is 6.58 Å². The topological polar surface area (TPSA) is 95.9 Å². The number of likely N-dealkylation sites (tertiary alicyclic amines) is 1. The van der Waals surface area contributed by atoms with Gasteiger partial charge in [-0.3, -0.25) is 4.79 Å². The first-order valence-electron chi connectivity index (χ1n) is 6.60. The molecule has 1 rings (SSSR count). The average Bonchev–Trinajstić information content (AvgIpc) is 2.87. The number of hydrogen-bond donors (Lipinski definition) is 3. The molecule has 1 fully saturated rings. The molecule has 1 unspecified atom stereocenters. The summed E-state index contributed by atoms with van der Waals surface area (Å²) in [5.74, 6) is -1.46. The van der Waals surface area contributed by atoms with Crippen molar-refractivity contribution < 1.29 is 24.2 Å². The fourth-order valence-electron chi connectivity index (χ4n) is 2.07. The Morgan fingerprint density at radius 1 is 1.57 bits per heavy atom. The SMILES string of the molecule is C=CCNC(=O)O[C@H]1C[C@@H](C(=O)O)N(C(=O)C(C)CS)C1. The Kier molecular flexibility index (Phi) is 6.54. The van der Waals surface area contributed by atoms with E-state index in [0.717, 1.165) is 0 Å². The van der Waals surface area contributed by atoms with E-state index < -0.39 is 24.2 Å². The van der Waals surface area contributed by atoms with Gasteiger partial charge in [-0.2, -0.15) is 12.6 Å². The smallest absolute Gasteiger partial charge is 0.407 e. The maximum atomic E-state index is 12.1. The summed E-state index contributed by atoms with van der Waals surface area (Å²) < 4.78 is 5.11. The van der Waals surface area contributed by atoms with Crippen LogP contribution in [0.4, 0.5) is 4.79 Å². The highest BCUT2D eigenvalue weighted by Crippen LogP contribution is 2.23. The van der Waals surface area contributed by atoms with Gasteiger partial charge in [-0.25, -0.2) is 9.59 Å². The second-order valence-electron chi connectivity index (χ2n) is 4.86. The molecule has 2 N–H and O–H groups in total. The van der Waals surface area contributed by atoms with E-state index in [9.17, 15) is 19.5 Å². The number of ether oxygens (including phenoxy) is 1. The van der Waals surface area contributed by atoms with Crippen molar-refractivity contribution in [3.8, 4) is 0 Å². The van der Waals surface area contributed by atoms with Gasteiger partial charge < -0.3 is 20.1 Å². The summed E-state index contributed by atoms with van der Waals surface area (Å²) in [6.45, 7) is 5.47. The number of carbonyl (C=O) groups excluding carboxylic acids is 2. The molecule has 0 aliphatic carbocycles. The van der Waals surface area contributed by atoms with E-state index in [2.05, 4.69) is 24.5 Å². The first kappa shape index (κ1) is 17.4. The molecule has 0 bridgehead atoms. The predicted molar refractivity (Wildman–Crippen MR) is 79.2 cm³/mol. The fraction of sp³-hybridized carbons (Fsp3) is 0.615. The Hall–Kier alpha value is -1.70. The van der Waals surface area contributed by atoms with Crippen LogP contribution >= 0.6 is 12.6 Å². The molecular formula is C13H20N2O5S. The number of nitrogens with zero attached hydrogens (tertiary/aromatic N) is 1. The van der Waals surface area contributed by atoms with Crippen LogP contribution in [0.15, 0.2) is 12.7 Å². The summed E-state index contributed by atoms with van der Waals surface area (Å²) >= 11 is 4.05. The Morgan fingerprint density at radius 2 is 2.24 bits per heavy atom. The van der Waals surface area contributed by atoms with Gasteiger partial charge >= 0.3 is 12.1 Å². The third kappa shape index (κ3) is 4.66. The van der Waals surface area contributed by atoms with Gasteiger partial charge in [0.1, 0.15) is 12.1 Å². The lowest BCUT2D eigenvalue weighted by molar-refractivity contribution is -0.149. The summed E-state index contributed by atoms with van der Waals surface area (Å²) in [6, 6.07) is -0.975. The molecule has 1 saturated heterocycles. The Labute approximate surface area is 128 Å². The van der Waals surface area contributed by atoms with Crippen LogP contribution in [-0.4, -0.2) is 59.0 Å². The van der Waals surface area contributed by atoms with Crippen molar-refractivity contribution in [1.29, 1.82) is 0 Å². The van der Waals surface area contributed by atoms with Gasteiger partial charge in [0.05, 0.1) is 6.54 Å². The van der Waals surface area contributed by atoms with Crippen LogP contribution in [0.5, 0.6) is 0 Å². The van der Waals surface area contributed by atoms with Crippen LogP contribution in [0.2, 0.25) is 0 Å². The standard InChI is InChI=1S/C13H20N2O5S/c1-3-4-14-13(19)20-9-5-10(12(17)18)15(6-9)11(16)8(2)7-21/h3,8-10,21H,1,4-7H2,2H3,(H,14,19)(H,17,18)/t8?,9-,10-/m0/s1. The van der Waals surface area contributed by atoms with E-state index in [-0.39, 0.29) is 31.3 Å². The van der Waals surface area contributed by atoms with E-state index in [1.165, 1.54) is 11.0 Å². The lowest BCUT2D eigenvalue weighted by atomic mass is 10.1. The quantitative estimate of drug-likeness (QED) is 0.490. The third-order valence-corrected chi connectivity index (χ3v) is 3.74. The first-order valence-corrected chi connectivity index (χ1v) is 7.23. The number of amides is 2. The highest BCUT2D eigenvalue weighted by atomic mass is 32.1. The number of thiol groups is 1. The van der Waals surface area contributed by atoms with Crippen molar-refractivity contribution in [1.82, 2.24) is 10.2 Å². The van der Waals surface area contributed by atoms with Gasteiger partial charge in [0.2, 0.25) is 5.91 Å². The van der Waals surface area contributed by atoms with Crippen LogP contribution in [0.3, 0.4) is 0 Å². The molecule has 7 nitrogen and oxygen atoms in total. The van der Waals surface area contributed by atoms with E-state index in [0.29, 0.717) is 5.75 Å². The number of hydrogen-bond acceptors (Lipinski definition) is 5. The number of nitrogens with one attached hydrogen (secondary N) is 1. The summed E-state index contributed by atoms with van der Waals surface area (Å²) in [7, 11) is 0. The van der Waals surface area contributed by atoms with Crippen LogP contribution < -0.4 is 5.32 Å². The van der Waals surface area contributed by atoms with Crippen molar-refractivity contribution in [2.45, 2.75) is 25.5 Å². The van der Waals surface area contributed by atoms with Crippen molar-refractivity contribution in [3.63, 3.8) is 0 Å². The summed E-state index contributed by atoms with van der Waals surface area (Å²) in [6.07, 6.45) is 0.301. The van der Waals surface area contributed by atoms with Gasteiger partial charge in [-0.05, 0) is 0 Å². The first-order chi connectivity index (χ1) is 9.90. The van der Waals surface area contributed by atoms with E-state index in [1.54, 1.807) is 6.92 Å². The minimum absolute atomic E-state index is 0.0788. The van der Waals surface area contributed by atoms with Crippen molar-refractivity contribution in [3.05, 3.63) is 12.7 Å². The maximum absolute atomic E-state index is 12.1. The van der Waals surface area contributed by atoms with E-state index in [1.807, 2.05) is 0 Å². The molecule has 1 aliphatic heterocycles. The molecule has 0 aromatic rings. The van der Waals surface area contributed by atoms with Gasteiger partial charge in [-0.1, -0.05) is 13.0 Å². The normalized spacial score (nSPS) is 22.5. The highest BCUT2D eigenvalue weighted by Gasteiger charge is 2.42. The maximum Gasteiger partial charge on any atom is 0.407 e. The minimum atomic E-state index is -1.10. The molecule has 0 aromatic carbocycles. The number of aliphatic carboxylic acids is 1. The van der Waals surface area contributed by atoms with Crippen molar-refractivity contribution in [2.24, 2.45) is 5.92 Å². The van der Waals surface area contributed by atoms with E-state index in [4.69, 9.17) is 4.74 Å². The summed E-state index contributed by atoms with van der Waals surface area (Å²) in [5, 5.41) is 11.6. The average molecular weight is 316 g/mol. The van der Waals surface area contributed by atoms with E-state index >= 15 is 0 Å². The molecule has 0 aromatic heterocycles. The Morgan fingerprint density at radius 3 is 2.76 bits per heavy atom. The monoisotopic (exact) mass is 316 g/mol. The zero-order chi connectivity index (χ0) is 16.0. The predicted octanol–water partition coefficient (Wildman–Crippen LogP) is 0.519. The second-order valence-corrected chi connectivity index (χ2v) is 5.23. The third-order valence-electron chi connectivity index (χ3n) is 3.19. The summed E-state index contributed by atoms with van der Waals surface area (Å²) in [5.41, 5.74) is 0. The molecule has 0 saturated carbocycles. The molecule has 21 heavy (non-hydrogen) atoms. The Balaban J connectivity index is 2.68. The number of carbonyl (C=O) groups is 3. The van der Waals surface area contributed by atoms with Crippen LogP contribution in [-0.2, 0) is 14.3 Å². The number of carboxylic acids is 1. The van der Waals surface area contributed by atoms with Crippen molar-refractivity contribution >= 4 is 30.6 Å². The van der Waals surface area contributed by atoms with Crippen LogP contribution in [0.1, 0.15) is 13.3 Å². The largest absolute Gasteiger partial charge is 0.480 e. The molecule has 118 valence electrons. The molecular weight excluding hydrogens is 296 g/mol. The zero-order valence-electron chi connectivity index (χ0n) is 11.8. The molecule has 1 heterocycles. The highest BCUT2D eigenvalue weighted by molar-refractivity contribution is 7.80. The molecule has 0 radical (unpaired) electrons. The molecule has 2 amide bonds. The van der Waals surface area contributed by atoms with Gasteiger partial charge in [0.25, 0.3) is 0 Å². The molecule has 8 heteroatoms. The lowest BCUT2D eigenvalue weighted by Gasteiger charge is -2.23. The minimum Gasteiger partial charge on any atom is -0.480 e. The zero-order valence-corrected chi connectivity index (χ0v) is 12.7. The Bertz CT molecular complexity index is 429. The number of carboxylic acid groups (broad SMARTS) is 1. The van der Waals surface area contributed by atoms with Gasteiger partial charge in [0, 0.05) is 24.6 Å².